The van der Waals surface area contributed by atoms with Gasteiger partial charge in [-0.15, -0.1) is 0 Å². The van der Waals surface area contributed by atoms with Crippen LogP contribution in [0.5, 0.6) is 0 Å². The van der Waals surface area contributed by atoms with Gasteiger partial charge in [0.2, 0.25) is 5.78 Å². The molecule has 1 rings (SSSR count). The molecule has 1 aliphatic rings. The van der Waals surface area contributed by atoms with Crippen LogP contribution < -0.4 is 4.72 Å². The fourth-order valence-corrected chi connectivity index (χ4v) is 0.922. The molecule has 3 nitrogen and oxygen atoms in total. The average Bonchev–Trinajstić information content (AvgIpc) is 1.99. The van der Waals surface area contributed by atoms with Crippen molar-refractivity contribution in [1.82, 2.24) is 4.72 Å². The number of ketones is 1. The molecule has 0 atom stereocenters. The molecule has 4 heteroatoms. The van der Waals surface area contributed by atoms with Crippen molar-refractivity contribution in [2.24, 2.45) is 0 Å². The first-order chi connectivity index (χ1) is 4.30. The van der Waals surface area contributed by atoms with Crippen LogP contribution in [0, 0.1) is 0 Å². The van der Waals surface area contributed by atoms with Gasteiger partial charge in [-0.1, -0.05) is 6.08 Å². The summed E-state index contributed by atoms with van der Waals surface area (Å²) in [5.74, 6) is -0.888. The largest absolute Gasteiger partial charge is 0.297 e. The number of allylic oxidation sites excluding steroid dienone is 1. The Morgan fingerprint density at radius 1 is 1.56 bits per heavy atom. The third-order valence-corrected chi connectivity index (χ3v) is 1.50. The van der Waals surface area contributed by atoms with Crippen LogP contribution in [0.4, 0.5) is 0 Å². The molecule has 0 aliphatic carbocycles. The topological polar surface area (TPSA) is 46.2 Å². The van der Waals surface area contributed by atoms with E-state index in [1.54, 1.807) is 11.5 Å². The van der Waals surface area contributed by atoms with Crippen LogP contribution in [-0.2, 0) is 9.59 Å². The quantitative estimate of drug-likeness (QED) is 0.390. The highest BCUT2D eigenvalue weighted by atomic mass is 32.2. The Bertz CT molecular complexity index is 176. The second-order valence-corrected chi connectivity index (χ2v) is 2.26. The van der Waals surface area contributed by atoms with Crippen LogP contribution in [0.1, 0.15) is 6.42 Å². The van der Waals surface area contributed by atoms with Crippen molar-refractivity contribution in [3.8, 4) is 0 Å². The monoisotopic (exact) mass is 143 g/mol. The summed E-state index contributed by atoms with van der Waals surface area (Å²) in [7, 11) is 0. The maximum Gasteiger partial charge on any atom is 0.297 e. The van der Waals surface area contributed by atoms with Gasteiger partial charge >= 0.3 is 0 Å². The molecule has 0 fully saturated rings. The highest BCUT2D eigenvalue weighted by molar-refractivity contribution is 8.00. The van der Waals surface area contributed by atoms with Gasteiger partial charge in [-0.3, -0.25) is 14.3 Å². The smallest absolute Gasteiger partial charge is 0.290 e. The number of hydrogen-bond acceptors (Lipinski definition) is 3. The summed E-state index contributed by atoms with van der Waals surface area (Å²) in [5, 5.41) is 1.68. The van der Waals surface area contributed by atoms with E-state index in [0.29, 0.717) is 0 Å². The van der Waals surface area contributed by atoms with Gasteiger partial charge in [0.1, 0.15) is 0 Å². The van der Waals surface area contributed by atoms with E-state index in [4.69, 9.17) is 0 Å². The molecule has 1 aliphatic heterocycles. The molecule has 0 spiro atoms. The molecule has 0 aromatic carbocycles. The van der Waals surface area contributed by atoms with Gasteiger partial charge in [0.25, 0.3) is 5.91 Å². The summed E-state index contributed by atoms with van der Waals surface area (Å²) in [6.45, 7) is 0. The normalized spacial score (nSPS) is 19.1. The van der Waals surface area contributed by atoms with Gasteiger partial charge in [0.15, 0.2) is 0 Å². The molecule has 0 saturated carbocycles. The van der Waals surface area contributed by atoms with Gasteiger partial charge in [0.05, 0.1) is 0 Å². The Labute approximate surface area is 56.6 Å². The number of nitrogens with one attached hydrogen (secondary N) is 1. The van der Waals surface area contributed by atoms with Crippen LogP contribution in [0.25, 0.3) is 0 Å². The Morgan fingerprint density at radius 3 is 3.11 bits per heavy atom. The second-order valence-electron chi connectivity index (χ2n) is 1.55. The van der Waals surface area contributed by atoms with E-state index in [1.165, 1.54) is 0 Å². The molecule has 0 saturated heterocycles. The van der Waals surface area contributed by atoms with Crippen molar-refractivity contribution in [3.63, 3.8) is 0 Å². The van der Waals surface area contributed by atoms with Crippen molar-refractivity contribution in [1.29, 1.82) is 0 Å². The standard InChI is InChI=1S/C5H5NO2S/c7-4-2-1-3-9-6-5(4)8/h1,3H,2H2,(H,6,8). The van der Waals surface area contributed by atoms with E-state index >= 15 is 0 Å². The Morgan fingerprint density at radius 2 is 2.33 bits per heavy atom. The highest BCUT2D eigenvalue weighted by Gasteiger charge is 2.12. The van der Waals surface area contributed by atoms with Gasteiger partial charge in [0, 0.05) is 6.42 Å². The first-order valence-corrected chi connectivity index (χ1v) is 3.32. The molecular formula is C5H5NO2S. The lowest BCUT2D eigenvalue weighted by Crippen LogP contribution is -2.23. The van der Waals surface area contributed by atoms with Crippen LogP contribution >= 0.6 is 11.9 Å². The average molecular weight is 143 g/mol. The predicted octanol–water partition coefficient (Wildman–Crippen LogP) is 0.237. The van der Waals surface area contributed by atoms with Crippen molar-refractivity contribution < 1.29 is 9.59 Å². The summed E-state index contributed by atoms with van der Waals surface area (Å²) >= 11 is 1.13. The third kappa shape index (κ3) is 1.57. The summed E-state index contributed by atoms with van der Waals surface area (Å²) < 4.78 is 2.34. The lowest BCUT2D eigenvalue weighted by atomic mass is 10.3. The molecule has 0 unspecified atom stereocenters. The number of amides is 1. The fraction of sp³-hybridized carbons (Fsp3) is 0.200. The predicted molar refractivity (Wildman–Crippen MR) is 34.5 cm³/mol. The van der Waals surface area contributed by atoms with E-state index in [2.05, 4.69) is 4.72 Å². The van der Waals surface area contributed by atoms with Gasteiger partial charge in [-0.05, 0) is 17.4 Å². The molecule has 9 heavy (non-hydrogen) atoms. The lowest BCUT2D eigenvalue weighted by molar-refractivity contribution is -0.136. The Balaban J connectivity index is 2.63. The minimum Gasteiger partial charge on any atom is -0.290 e. The molecule has 1 amide bonds. The van der Waals surface area contributed by atoms with Crippen LogP contribution in [0.15, 0.2) is 11.5 Å². The van der Waals surface area contributed by atoms with Crippen molar-refractivity contribution >= 4 is 23.6 Å². The summed E-state index contributed by atoms with van der Waals surface area (Å²) in [4.78, 5) is 21.0. The second kappa shape index (κ2) is 2.68. The van der Waals surface area contributed by atoms with E-state index in [0.717, 1.165) is 11.9 Å². The number of carbonyl (C=O) groups excluding carboxylic acids is 2. The molecular weight excluding hydrogens is 138 g/mol. The van der Waals surface area contributed by atoms with Crippen molar-refractivity contribution in [2.75, 3.05) is 0 Å². The zero-order valence-electron chi connectivity index (χ0n) is 4.59. The zero-order chi connectivity index (χ0) is 6.69. The molecule has 1 N–H and O–H groups in total. The van der Waals surface area contributed by atoms with Crippen LogP contribution in [0.3, 0.4) is 0 Å². The number of Topliss-reactive ketones (excluding diaryl/α,β-unsaturated/α-hetero) is 1. The van der Waals surface area contributed by atoms with Gasteiger partial charge < -0.3 is 0 Å². The van der Waals surface area contributed by atoms with E-state index in [9.17, 15) is 9.59 Å². The minimum atomic E-state index is -0.509. The molecule has 0 radical (unpaired) electrons. The van der Waals surface area contributed by atoms with E-state index < -0.39 is 5.91 Å². The van der Waals surface area contributed by atoms with Crippen LogP contribution in [0.2, 0.25) is 0 Å². The SMILES string of the molecule is O=C1CC=CSNC1=O. The molecule has 0 bridgehead atoms. The third-order valence-electron chi connectivity index (χ3n) is 0.872. The molecule has 48 valence electrons. The zero-order valence-corrected chi connectivity index (χ0v) is 5.40. The molecule has 0 aromatic rings. The summed E-state index contributed by atoms with van der Waals surface area (Å²) in [5.41, 5.74) is 0. The van der Waals surface area contributed by atoms with Crippen molar-refractivity contribution in [3.05, 3.63) is 11.5 Å². The van der Waals surface area contributed by atoms with Crippen molar-refractivity contribution in [2.45, 2.75) is 6.42 Å². The maximum atomic E-state index is 10.5. The molecule has 0 aromatic heterocycles. The van der Waals surface area contributed by atoms with Crippen LogP contribution in [-0.4, -0.2) is 11.7 Å². The summed E-state index contributed by atoms with van der Waals surface area (Å²) in [6, 6.07) is 0. The molecule has 1 heterocycles. The first-order valence-electron chi connectivity index (χ1n) is 2.44. The van der Waals surface area contributed by atoms with E-state index in [1.807, 2.05) is 0 Å². The van der Waals surface area contributed by atoms with Gasteiger partial charge in [-0.25, -0.2) is 0 Å². The van der Waals surface area contributed by atoms with E-state index in [-0.39, 0.29) is 12.2 Å². The summed E-state index contributed by atoms with van der Waals surface area (Å²) in [6.07, 6.45) is 1.88. The Kier molecular flexibility index (Phi) is 1.89. The highest BCUT2D eigenvalue weighted by Crippen LogP contribution is 2.02. The first kappa shape index (κ1) is 6.35. The number of hydrogen-bond donors (Lipinski definition) is 1. The fourth-order valence-electron chi connectivity index (χ4n) is 0.440. The Hall–Kier alpha value is -0.770. The minimum absolute atomic E-state index is 0.221. The number of rotatable bonds is 0. The maximum absolute atomic E-state index is 10.5. The van der Waals surface area contributed by atoms with Gasteiger partial charge in [-0.2, -0.15) is 0 Å². The number of carbonyl (C=O) groups is 2. The lowest BCUT2D eigenvalue weighted by Gasteiger charge is -1.91.